The van der Waals surface area contributed by atoms with E-state index in [1.807, 2.05) is 13.0 Å². The number of non-ortho nitro benzene ring substituents is 1. The van der Waals surface area contributed by atoms with E-state index in [9.17, 15) is 25.0 Å². The third kappa shape index (κ3) is 3.55. The number of ether oxygens (including phenoxy) is 2. The number of carbonyl (C=O) groups excluding carboxylic acids is 2. The zero-order chi connectivity index (χ0) is 24.6. The lowest BCUT2D eigenvalue weighted by Crippen LogP contribution is -2.13. The van der Waals surface area contributed by atoms with Crippen molar-refractivity contribution in [2.24, 2.45) is 0 Å². The fourth-order valence-corrected chi connectivity index (χ4v) is 3.79. The third-order valence-electron chi connectivity index (χ3n) is 5.31. The van der Waals surface area contributed by atoms with Crippen molar-refractivity contribution in [3.63, 3.8) is 0 Å². The first kappa shape index (κ1) is 22.3. The Kier molecular flexibility index (Phi) is 5.61. The van der Waals surface area contributed by atoms with Crippen LogP contribution in [0.2, 0.25) is 0 Å². The van der Waals surface area contributed by atoms with Crippen LogP contribution < -0.4 is 0 Å². The Morgan fingerprint density at radius 1 is 1.00 bits per heavy atom. The third-order valence-corrected chi connectivity index (χ3v) is 5.31. The number of aryl methyl sites for hydroxylation is 1. The van der Waals surface area contributed by atoms with Gasteiger partial charge in [-0.2, -0.15) is 5.26 Å². The van der Waals surface area contributed by atoms with E-state index < -0.39 is 16.9 Å². The van der Waals surface area contributed by atoms with Crippen LogP contribution in [0.15, 0.2) is 42.5 Å². The fourth-order valence-electron chi connectivity index (χ4n) is 3.79. The van der Waals surface area contributed by atoms with Gasteiger partial charge < -0.3 is 9.47 Å². The number of rotatable bonds is 4. The van der Waals surface area contributed by atoms with E-state index in [4.69, 9.17) is 9.47 Å². The molecular formula is C24H16N4O6. The van der Waals surface area contributed by atoms with E-state index >= 15 is 0 Å². The summed E-state index contributed by atoms with van der Waals surface area (Å²) in [5.41, 5.74) is 1.53. The molecular weight excluding hydrogens is 440 g/mol. The molecule has 0 saturated carbocycles. The lowest BCUT2D eigenvalue weighted by molar-refractivity contribution is -0.384. The molecule has 2 heterocycles. The lowest BCUT2D eigenvalue weighted by Gasteiger charge is -2.09. The maximum atomic E-state index is 13.0. The van der Waals surface area contributed by atoms with Gasteiger partial charge in [0.1, 0.15) is 17.3 Å². The van der Waals surface area contributed by atoms with Crippen molar-refractivity contribution < 1.29 is 24.0 Å². The number of esters is 2. The molecule has 0 saturated heterocycles. The molecule has 0 N–H and O–H groups in total. The molecule has 0 aromatic heterocycles. The van der Waals surface area contributed by atoms with E-state index in [1.54, 1.807) is 18.2 Å². The molecule has 0 atom stereocenters. The highest BCUT2D eigenvalue weighted by Gasteiger charge is 2.33. The van der Waals surface area contributed by atoms with Crippen LogP contribution in [0.1, 0.15) is 32.1 Å². The lowest BCUT2D eigenvalue weighted by atomic mass is 9.94. The maximum absolute atomic E-state index is 13.0. The topological polar surface area (TPSA) is 145 Å². The number of benzene rings is 2. The summed E-state index contributed by atoms with van der Waals surface area (Å²) >= 11 is 0. The highest BCUT2D eigenvalue weighted by atomic mass is 16.6. The molecule has 4 rings (SSSR count). The van der Waals surface area contributed by atoms with Gasteiger partial charge in [0.15, 0.2) is 5.69 Å². The van der Waals surface area contributed by atoms with Crippen LogP contribution >= 0.6 is 0 Å². The number of hydrogen-bond acceptors (Lipinski definition) is 9. The Labute approximate surface area is 192 Å². The van der Waals surface area contributed by atoms with E-state index in [-0.39, 0.29) is 39.5 Å². The minimum Gasteiger partial charge on any atom is -0.465 e. The monoisotopic (exact) mass is 456 g/mol. The van der Waals surface area contributed by atoms with E-state index in [1.165, 1.54) is 24.3 Å². The molecule has 0 aliphatic carbocycles. The van der Waals surface area contributed by atoms with Crippen LogP contribution in [0.3, 0.4) is 0 Å². The van der Waals surface area contributed by atoms with Gasteiger partial charge in [-0.15, -0.1) is 0 Å². The number of hydrogen-bond donors (Lipinski definition) is 0. The van der Waals surface area contributed by atoms with Crippen LogP contribution in [-0.2, 0) is 9.47 Å². The van der Waals surface area contributed by atoms with Crippen LogP contribution in [0.4, 0.5) is 5.69 Å². The highest BCUT2D eigenvalue weighted by Crippen LogP contribution is 2.43. The van der Waals surface area contributed by atoms with Gasteiger partial charge in [-0.3, -0.25) is 10.1 Å². The number of aromatic nitrogens is 2. The number of nitriles is 1. The SMILES string of the molecule is COC(=O)c1nc2ccc(C)cc2c2nc(C#N)c(-c3ccc([N+](=O)[O-])cc3)c-2c1C(=O)OC. The number of fused-ring (bicyclic) bond motifs is 3. The molecule has 2 aromatic carbocycles. The molecule has 168 valence electrons. The van der Waals surface area contributed by atoms with Crippen molar-refractivity contribution in [2.75, 3.05) is 14.2 Å². The normalized spacial score (nSPS) is 10.6. The van der Waals surface area contributed by atoms with Gasteiger partial charge in [-0.25, -0.2) is 19.6 Å². The molecule has 34 heavy (non-hydrogen) atoms. The predicted octanol–water partition coefficient (Wildman–Crippen LogP) is 4.06. The predicted molar refractivity (Wildman–Crippen MR) is 120 cm³/mol. The molecule has 10 nitrogen and oxygen atoms in total. The smallest absolute Gasteiger partial charge is 0.357 e. The molecule has 0 unspecified atom stereocenters. The van der Waals surface area contributed by atoms with Gasteiger partial charge >= 0.3 is 11.9 Å². The molecule has 0 bridgehead atoms. The zero-order valence-corrected chi connectivity index (χ0v) is 18.3. The number of carbonyl (C=O) groups is 2. The van der Waals surface area contributed by atoms with Gasteiger partial charge in [-0.1, -0.05) is 11.6 Å². The second-order valence-corrected chi connectivity index (χ2v) is 7.31. The summed E-state index contributed by atoms with van der Waals surface area (Å²) in [6.45, 7) is 1.85. The van der Waals surface area contributed by atoms with Crippen molar-refractivity contribution in [3.05, 3.63) is 75.1 Å². The molecule has 10 heteroatoms. The Morgan fingerprint density at radius 2 is 1.68 bits per heavy atom. The molecule has 0 amide bonds. The summed E-state index contributed by atoms with van der Waals surface area (Å²) in [7, 11) is 2.31. The molecule has 0 radical (unpaired) electrons. The summed E-state index contributed by atoms with van der Waals surface area (Å²) in [6, 6.07) is 12.7. The summed E-state index contributed by atoms with van der Waals surface area (Å²) < 4.78 is 9.86. The molecule has 0 spiro atoms. The van der Waals surface area contributed by atoms with Gasteiger partial charge in [0, 0.05) is 28.6 Å². The average Bonchev–Trinajstić information content (AvgIpc) is 3.16. The van der Waals surface area contributed by atoms with Crippen LogP contribution in [0, 0.1) is 28.4 Å². The second-order valence-electron chi connectivity index (χ2n) is 7.31. The van der Waals surface area contributed by atoms with Crippen LogP contribution in [-0.4, -0.2) is 41.0 Å². The van der Waals surface area contributed by atoms with Crippen molar-refractivity contribution in [1.29, 1.82) is 5.26 Å². The number of nitro benzene ring substituents is 1. The van der Waals surface area contributed by atoms with Gasteiger partial charge in [0.2, 0.25) is 0 Å². The summed E-state index contributed by atoms with van der Waals surface area (Å²) in [5.74, 6) is -1.76. The first-order chi connectivity index (χ1) is 16.3. The maximum Gasteiger partial charge on any atom is 0.357 e. The largest absolute Gasteiger partial charge is 0.465 e. The fraction of sp³-hybridized carbons (Fsp3) is 0.125. The molecule has 2 aliphatic heterocycles. The minimum absolute atomic E-state index is 0.0289. The van der Waals surface area contributed by atoms with E-state index in [0.29, 0.717) is 16.5 Å². The molecule has 0 fully saturated rings. The average molecular weight is 456 g/mol. The summed E-state index contributed by atoms with van der Waals surface area (Å²) in [6.07, 6.45) is 0. The first-order valence-electron chi connectivity index (χ1n) is 9.90. The van der Waals surface area contributed by atoms with Gasteiger partial charge in [-0.05, 0) is 36.8 Å². The van der Waals surface area contributed by atoms with Gasteiger partial charge in [0.05, 0.1) is 30.4 Å². The number of methoxy groups -OCH3 is 2. The van der Waals surface area contributed by atoms with E-state index in [0.717, 1.165) is 19.8 Å². The van der Waals surface area contributed by atoms with Crippen molar-refractivity contribution in [2.45, 2.75) is 6.92 Å². The summed E-state index contributed by atoms with van der Waals surface area (Å²) in [5, 5.41) is 21.5. The quantitative estimate of drug-likeness (QED) is 0.252. The van der Waals surface area contributed by atoms with Gasteiger partial charge in [0.25, 0.3) is 5.69 Å². The standard InChI is InChI=1S/C24H16N4O6/c1-12-4-9-16-15(10-12)21-19(20(23(29)33-2)22(26-16)24(30)34-3)18(17(11-25)27-21)13-5-7-14(8-6-13)28(31)32/h4-10H,1-3H3. The Hall–Kier alpha value is -4.91. The Balaban J connectivity index is 2.25. The minimum atomic E-state index is -0.880. The van der Waals surface area contributed by atoms with Crippen molar-refractivity contribution in [1.82, 2.24) is 9.97 Å². The summed E-state index contributed by atoms with van der Waals surface area (Å²) in [4.78, 5) is 45.2. The second kappa shape index (κ2) is 8.55. The number of nitro groups is 1. The molecule has 2 aromatic rings. The van der Waals surface area contributed by atoms with Crippen molar-refractivity contribution in [3.8, 4) is 28.5 Å². The van der Waals surface area contributed by atoms with Crippen LogP contribution in [0.5, 0.6) is 0 Å². The Bertz CT molecular complexity index is 1510. The molecule has 2 aliphatic rings. The zero-order valence-electron chi connectivity index (χ0n) is 18.3. The number of nitrogens with zero attached hydrogens (tertiary/aromatic N) is 4. The van der Waals surface area contributed by atoms with E-state index in [2.05, 4.69) is 9.97 Å². The Morgan fingerprint density at radius 3 is 2.26 bits per heavy atom. The van der Waals surface area contributed by atoms with Crippen molar-refractivity contribution >= 4 is 28.5 Å². The highest BCUT2D eigenvalue weighted by molar-refractivity contribution is 6.14. The van der Waals surface area contributed by atoms with Crippen LogP contribution in [0.25, 0.3) is 33.3 Å². The first-order valence-corrected chi connectivity index (χ1v) is 9.90.